The van der Waals surface area contributed by atoms with E-state index < -0.39 is 10.0 Å². The maximum Gasteiger partial charge on any atom is 0.252 e. The first-order valence-electron chi connectivity index (χ1n) is 8.77. The molecule has 1 aromatic rings. The van der Waals surface area contributed by atoms with Crippen LogP contribution in [0, 0.1) is 5.41 Å². The van der Waals surface area contributed by atoms with Crippen LogP contribution in [0.15, 0.2) is 21.7 Å². The zero-order valence-electron chi connectivity index (χ0n) is 14.7. The molecule has 8 heteroatoms. The molecule has 1 aliphatic carbocycles. The summed E-state index contributed by atoms with van der Waals surface area (Å²) in [7, 11) is -1.90. The second-order valence-electron chi connectivity index (χ2n) is 6.82. The van der Waals surface area contributed by atoms with Gasteiger partial charge in [-0.2, -0.15) is 0 Å². The van der Waals surface area contributed by atoms with E-state index in [1.807, 2.05) is 0 Å². The highest BCUT2D eigenvalue weighted by atomic mass is 32.2. The molecule has 0 aromatic carbocycles. The van der Waals surface area contributed by atoms with Gasteiger partial charge < -0.3 is 10.4 Å². The Morgan fingerprint density at radius 2 is 2.12 bits per heavy atom. The maximum absolute atomic E-state index is 12.3. The highest BCUT2D eigenvalue weighted by Crippen LogP contribution is 2.40. The number of aliphatic hydroxyl groups is 1. The molecule has 2 rings (SSSR count). The fourth-order valence-electron chi connectivity index (χ4n) is 3.40. The van der Waals surface area contributed by atoms with Gasteiger partial charge in [0.25, 0.3) is 10.0 Å². The third-order valence-electron chi connectivity index (χ3n) is 5.00. The second kappa shape index (κ2) is 9.12. The van der Waals surface area contributed by atoms with E-state index in [-0.39, 0.29) is 17.9 Å². The van der Waals surface area contributed by atoms with Crippen LogP contribution in [0.5, 0.6) is 0 Å². The van der Waals surface area contributed by atoms with Crippen molar-refractivity contribution in [2.45, 2.75) is 49.2 Å². The number of nitrogens with one attached hydrogen (secondary N) is 1. The number of nitrogens with zero attached hydrogens (tertiary/aromatic N) is 1. The number of hydrogen-bond acceptors (Lipinski definition) is 5. The lowest BCUT2D eigenvalue weighted by atomic mass is 9.83. The van der Waals surface area contributed by atoms with Gasteiger partial charge in [0.05, 0.1) is 0 Å². The lowest BCUT2D eigenvalue weighted by Crippen LogP contribution is -2.37. The molecule has 1 aliphatic rings. The first-order valence-corrected chi connectivity index (χ1v) is 11.1. The molecule has 0 aliphatic heterocycles. The van der Waals surface area contributed by atoms with Crippen LogP contribution < -0.4 is 5.32 Å². The quantitative estimate of drug-likeness (QED) is 0.643. The summed E-state index contributed by atoms with van der Waals surface area (Å²) in [4.78, 5) is 12.1. The van der Waals surface area contributed by atoms with Crippen molar-refractivity contribution < 1.29 is 18.3 Å². The van der Waals surface area contributed by atoms with E-state index in [1.165, 1.54) is 15.6 Å². The highest BCUT2D eigenvalue weighted by Gasteiger charge is 2.33. The summed E-state index contributed by atoms with van der Waals surface area (Å²) in [6.07, 6.45) is 5.93. The fraction of sp³-hybridized carbons (Fsp3) is 0.706. The number of hydrogen-bond donors (Lipinski definition) is 2. The summed E-state index contributed by atoms with van der Waals surface area (Å²) in [5, 5.41) is 13.9. The van der Waals surface area contributed by atoms with Gasteiger partial charge in [-0.25, -0.2) is 12.7 Å². The number of aliphatic hydroxyl groups excluding tert-OH is 1. The molecular weight excluding hydrogens is 360 g/mol. The predicted molar refractivity (Wildman–Crippen MR) is 99.0 cm³/mol. The Labute approximate surface area is 154 Å². The van der Waals surface area contributed by atoms with Crippen molar-refractivity contribution in [3.8, 4) is 0 Å². The molecule has 1 heterocycles. The molecule has 25 heavy (non-hydrogen) atoms. The van der Waals surface area contributed by atoms with Gasteiger partial charge in [0, 0.05) is 33.2 Å². The molecule has 1 amide bonds. The van der Waals surface area contributed by atoms with Gasteiger partial charge >= 0.3 is 0 Å². The summed E-state index contributed by atoms with van der Waals surface area (Å²) in [6, 6.07) is 3.30. The molecule has 1 aromatic heterocycles. The summed E-state index contributed by atoms with van der Waals surface area (Å²) in [5.74, 6) is -0.0499. The molecule has 1 saturated carbocycles. The minimum atomic E-state index is -3.44. The molecule has 142 valence electrons. The van der Waals surface area contributed by atoms with Crippen LogP contribution in [0.25, 0.3) is 0 Å². The lowest BCUT2D eigenvalue weighted by molar-refractivity contribution is -0.121. The zero-order valence-corrected chi connectivity index (χ0v) is 16.4. The normalized spacial score (nSPS) is 17.1. The van der Waals surface area contributed by atoms with Crippen molar-refractivity contribution in [2.24, 2.45) is 5.41 Å². The van der Waals surface area contributed by atoms with Gasteiger partial charge in [-0.05, 0) is 42.5 Å². The zero-order chi connectivity index (χ0) is 18.3. The number of amides is 1. The summed E-state index contributed by atoms with van der Waals surface area (Å²) >= 11 is 1.19. The van der Waals surface area contributed by atoms with Gasteiger partial charge in [0.15, 0.2) is 0 Å². The maximum atomic E-state index is 12.3. The van der Waals surface area contributed by atoms with Crippen LogP contribution in [0.4, 0.5) is 0 Å². The highest BCUT2D eigenvalue weighted by molar-refractivity contribution is 7.91. The van der Waals surface area contributed by atoms with Crippen molar-refractivity contribution in [2.75, 3.05) is 26.7 Å². The standard InChI is InChI=1S/C17H28N2O4S2/c1-19(25(22,23)16-7-5-13-24-16)11-4-6-15(21)18-14-17(10-12-20)8-2-3-9-17/h5,7,13,20H,2-4,6,8-12,14H2,1H3,(H,18,21). The smallest absolute Gasteiger partial charge is 0.252 e. The van der Waals surface area contributed by atoms with Crippen LogP contribution in [0.1, 0.15) is 44.9 Å². The summed E-state index contributed by atoms with van der Waals surface area (Å²) < 4.78 is 26.2. The molecule has 1 fully saturated rings. The molecular formula is C17H28N2O4S2. The molecule has 0 radical (unpaired) electrons. The first-order chi connectivity index (χ1) is 11.9. The van der Waals surface area contributed by atoms with Crippen molar-refractivity contribution in [3.63, 3.8) is 0 Å². The van der Waals surface area contributed by atoms with Gasteiger partial charge in [0.2, 0.25) is 5.91 Å². The number of thiophene rings is 1. The third-order valence-corrected chi connectivity index (χ3v) is 8.23. The van der Waals surface area contributed by atoms with E-state index in [9.17, 15) is 18.3 Å². The SMILES string of the molecule is CN(CCCC(=O)NCC1(CCO)CCCC1)S(=O)(=O)c1cccs1. The number of rotatable bonds is 10. The Balaban J connectivity index is 1.73. The average molecular weight is 389 g/mol. The Morgan fingerprint density at radius 3 is 2.72 bits per heavy atom. The molecule has 0 saturated heterocycles. The summed E-state index contributed by atoms with van der Waals surface area (Å²) in [6.45, 7) is 1.08. The average Bonchev–Trinajstić information content (AvgIpc) is 3.26. The van der Waals surface area contributed by atoms with Gasteiger partial charge in [0.1, 0.15) is 4.21 Å². The Morgan fingerprint density at radius 1 is 1.40 bits per heavy atom. The largest absolute Gasteiger partial charge is 0.396 e. The topological polar surface area (TPSA) is 86.7 Å². The third kappa shape index (κ3) is 5.51. The van der Waals surface area contributed by atoms with Gasteiger partial charge in [-0.3, -0.25) is 4.79 Å². The Kier molecular flexibility index (Phi) is 7.42. The van der Waals surface area contributed by atoms with Crippen LogP contribution in [-0.2, 0) is 14.8 Å². The van der Waals surface area contributed by atoms with Crippen LogP contribution in [-0.4, -0.2) is 50.5 Å². The van der Waals surface area contributed by atoms with Crippen LogP contribution in [0.3, 0.4) is 0 Å². The second-order valence-corrected chi connectivity index (χ2v) is 10.0. The monoisotopic (exact) mass is 388 g/mol. The number of carbonyl (C=O) groups excluding carboxylic acids is 1. The molecule has 2 N–H and O–H groups in total. The molecule has 0 spiro atoms. The minimum absolute atomic E-state index is 0.0453. The Hall–Kier alpha value is -0.960. The minimum Gasteiger partial charge on any atom is -0.396 e. The van der Waals surface area contributed by atoms with Crippen molar-refractivity contribution in [1.29, 1.82) is 0 Å². The van der Waals surface area contributed by atoms with E-state index >= 15 is 0 Å². The predicted octanol–water partition coefficient (Wildman–Crippen LogP) is 2.21. The van der Waals surface area contributed by atoms with E-state index in [1.54, 1.807) is 24.6 Å². The number of sulfonamides is 1. The first kappa shape index (κ1) is 20.4. The van der Waals surface area contributed by atoms with Crippen LogP contribution >= 0.6 is 11.3 Å². The summed E-state index contributed by atoms with van der Waals surface area (Å²) in [5.41, 5.74) is 0.0453. The Bertz CT molecular complexity index is 638. The number of carbonyl (C=O) groups is 1. The van der Waals surface area contributed by atoms with Crippen molar-refractivity contribution in [3.05, 3.63) is 17.5 Å². The van der Waals surface area contributed by atoms with E-state index in [4.69, 9.17) is 0 Å². The molecule has 0 bridgehead atoms. The molecule has 6 nitrogen and oxygen atoms in total. The lowest BCUT2D eigenvalue weighted by Gasteiger charge is -2.28. The molecule has 0 unspecified atom stereocenters. The van der Waals surface area contributed by atoms with E-state index in [2.05, 4.69) is 5.32 Å². The van der Waals surface area contributed by atoms with Crippen molar-refractivity contribution in [1.82, 2.24) is 9.62 Å². The molecule has 0 atom stereocenters. The van der Waals surface area contributed by atoms with E-state index in [0.717, 1.165) is 32.1 Å². The van der Waals surface area contributed by atoms with E-state index in [0.29, 0.717) is 30.1 Å². The van der Waals surface area contributed by atoms with Crippen molar-refractivity contribution >= 4 is 27.3 Å². The van der Waals surface area contributed by atoms with Crippen LogP contribution in [0.2, 0.25) is 0 Å². The van der Waals surface area contributed by atoms with Gasteiger partial charge in [-0.1, -0.05) is 18.9 Å². The fourth-order valence-corrected chi connectivity index (χ4v) is 5.81. The van der Waals surface area contributed by atoms with Gasteiger partial charge in [-0.15, -0.1) is 11.3 Å².